The largest absolute Gasteiger partial charge is 0.461 e. The van der Waals surface area contributed by atoms with Gasteiger partial charge in [-0.25, -0.2) is 0 Å². The zero-order valence-electron chi connectivity index (χ0n) is 12.0. The van der Waals surface area contributed by atoms with Crippen LogP contribution in [0.25, 0.3) is 0 Å². The number of benzene rings is 1. The van der Waals surface area contributed by atoms with E-state index in [2.05, 4.69) is 20.8 Å². The van der Waals surface area contributed by atoms with Crippen LogP contribution in [0.5, 0.6) is 0 Å². The highest BCUT2D eigenvalue weighted by Crippen LogP contribution is 2.22. The van der Waals surface area contributed by atoms with Crippen LogP contribution in [0.3, 0.4) is 0 Å². The van der Waals surface area contributed by atoms with E-state index in [4.69, 9.17) is 4.42 Å². The standard InChI is InChI=1S/C17H18O3/c1-17(2,3)13-8-6-12(7-9-13)14(18)11-15(19)16-5-4-10-20-16/h4-10H,11H2,1-3H3. The molecule has 0 aliphatic rings. The maximum absolute atomic E-state index is 12.0. The molecule has 0 fully saturated rings. The molecule has 1 aromatic heterocycles. The molecule has 0 aliphatic heterocycles. The van der Waals surface area contributed by atoms with Crippen molar-refractivity contribution >= 4 is 11.6 Å². The van der Waals surface area contributed by atoms with Crippen molar-refractivity contribution in [1.82, 2.24) is 0 Å². The highest BCUT2D eigenvalue weighted by atomic mass is 16.3. The van der Waals surface area contributed by atoms with E-state index in [-0.39, 0.29) is 29.2 Å². The van der Waals surface area contributed by atoms with E-state index in [0.29, 0.717) is 5.56 Å². The lowest BCUT2D eigenvalue weighted by Gasteiger charge is -2.18. The molecule has 0 aliphatic carbocycles. The van der Waals surface area contributed by atoms with Gasteiger partial charge >= 0.3 is 0 Å². The summed E-state index contributed by atoms with van der Waals surface area (Å²) in [5.41, 5.74) is 1.76. The Labute approximate surface area is 118 Å². The average molecular weight is 270 g/mol. The summed E-state index contributed by atoms with van der Waals surface area (Å²) in [7, 11) is 0. The average Bonchev–Trinajstić information content (AvgIpc) is 2.91. The lowest BCUT2D eigenvalue weighted by molar-refractivity contribution is 0.0878. The molecular formula is C17H18O3. The van der Waals surface area contributed by atoms with Crippen LogP contribution in [-0.4, -0.2) is 11.6 Å². The number of ketones is 2. The summed E-state index contributed by atoms with van der Waals surface area (Å²) in [5, 5.41) is 0. The van der Waals surface area contributed by atoms with Crippen LogP contribution in [0.4, 0.5) is 0 Å². The highest BCUT2D eigenvalue weighted by Gasteiger charge is 2.17. The predicted octanol–water partition coefficient (Wildman–Crippen LogP) is 4.03. The quantitative estimate of drug-likeness (QED) is 0.622. The molecule has 0 bridgehead atoms. The van der Waals surface area contributed by atoms with Gasteiger partial charge in [-0.15, -0.1) is 0 Å². The Morgan fingerprint density at radius 2 is 1.65 bits per heavy atom. The molecule has 1 heterocycles. The molecule has 0 saturated heterocycles. The molecule has 1 aromatic carbocycles. The Kier molecular flexibility index (Phi) is 3.89. The first kappa shape index (κ1) is 14.3. The van der Waals surface area contributed by atoms with E-state index in [0.717, 1.165) is 5.56 Å². The summed E-state index contributed by atoms with van der Waals surface area (Å²) in [5.74, 6) is -0.253. The summed E-state index contributed by atoms with van der Waals surface area (Å²) in [6, 6.07) is 10.6. The van der Waals surface area contributed by atoms with E-state index >= 15 is 0 Å². The summed E-state index contributed by atoms with van der Waals surface area (Å²) in [6.07, 6.45) is 1.26. The molecule has 0 spiro atoms. The van der Waals surface area contributed by atoms with Crippen molar-refractivity contribution in [3.63, 3.8) is 0 Å². The van der Waals surface area contributed by atoms with Gasteiger partial charge in [0.05, 0.1) is 12.7 Å². The molecule has 0 radical (unpaired) electrons. The molecule has 3 heteroatoms. The number of Topliss-reactive ketones (excluding diaryl/α,β-unsaturated/α-hetero) is 2. The minimum Gasteiger partial charge on any atom is -0.461 e. The van der Waals surface area contributed by atoms with Crippen LogP contribution in [0, 0.1) is 0 Å². The fourth-order valence-electron chi connectivity index (χ4n) is 1.93. The van der Waals surface area contributed by atoms with Crippen LogP contribution in [0.15, 0.2) is 47.1 Å². The third-order valence-electron chi connectivity index (χ3n) is 3.19. The summed E-state index contributed by atoms with van der Waals surface area (Å²) in [6.45, 7) is 6.35. The van der Waals surface area contributed by atoms with Crippen molar-refractivity contribution in [3.05, 3.63) is 59.5 Å². The molecule has 20 heavy (non-hydrogen) atoms. The third-order valence-corrected chi connectivity index (χ3v) is 3.19. The summed E-state index contributed by atoms with van der Waals surface area (Å²) < 4.78 is 4.99. The molecule has 2 rings (SSSR count). The van der Waals surface area contributed by atoms with Crippen LogP contribution < -0.4 is 0 Å². The van der Waals surface area contributed by atoms with Crippen LogP contribution in [-0.2, 0) is 5.41 Å². The fraction of sp³-hybridized carbons (Fsp3) is 0.294. The van der Waals surface area contributed by atoms with Gasteiger partial charge < -0.3 is 4.42 Å². The van der Waals surface area contributed by atoms with Gasteiger partial charge in [0.1, 0.15) is 0 Å². The van der Waals surface area contributed by atoms with Crippen molar-refractivity contribution in [2.24, 2.45) is 0 Å². The van der Waals surface area contributed by atoms with E-state index in [1.165, 1.54) is 6.26 Å². The fourth-order valence-corrected chi connectivity index (χ4v) is 1.93. The van der Waals surface area contributed by atoms with Crippen molar-refractivity contribution in [1.29, 1.82) is 0 Å². The van der Waals surface area contributed by atoms with Crippen molar-refractivity contribution in [2.45, 2.75) is 32.6 Å². The summed E-state index contributed by atoms with van der Waals surface area (Å²) in [4.78, 5) is 23.8. The number of rotatable bonds is 4. The second-order valence-electron chi connectivity index (χ2n) is 5.83. The molecule has 0 unspecified atom stereocenters. The van der Waals surface area contributed by atoms with Crippen molar-refractivity contribution in [3.8, 4) is 0 Å². The molecule has 0 amide bonds. The normalized spacial score (nSPS) is 11.3. The molecule has 3 nitrogen and oxygen atoms in total. The van der Waals surface area contributed by atoms with E-state index < -0.39 is 0 Å². The lowest BCUT2D eigenvalue weighted by atomic mass is 9.86. The maximum Gasteiger partial charge on any atom is 0.205 e. The highest BCUT2D eigenvalue weighted by molar-refractivity contribution is 6.12. The predicted molar refractivity (Wildman–Crippen MR) is 77.1 cm³/mol. The smallest absolute Gasteiger partial charge is 0.205 e. The SMILES string of the molecule is CC(C)(C)c1ccc(C(=O)CC(=O)c2ccco2)cc1. The number of carbonyl (C=O) groups excluding carboxylic acids is 2. The molecule has 0 saturated carbocycles. The first-order valence-electron chi connectivity index (χ1n) is 6.58. The second-order valence-corrected chi connectivity index (χ2v) is 5.83. The first-order valence-corrected chi connectivity index (χ1v) is 6.58. The van der Waals surface area contributed by atoms with Gasteiger partial charge in [0.25, 0.3) is 0 Å². The Morgan fingerprint density at radius 3 is 2.15 bits per heavy atom. The molecule has 0 atom stereocenters. The van der Waals surface area contributed by atoms with Gasteiger partial charge in [-0.3, -0.25) is 9.59 Å². The minimum atomic E-state index is -0.292. The zero-order valence-corrected chi connectivity index (χ0v) is 12.0. The third kappa shape index (κ3) is 3.23. The maximum atomic E-state index is 12.0. The monoisotopic (exact) mass is 270 g/mol. The van der Waals surface area contributed by atoms with E-state index in [1.54, 1.807) is 24.3 Å². The Morgan fingerprint density at radius 1 is 1.00 bits per heavy atom. The summed E-state index contributed by atoms with van der Waals surface area (Å²) >= 11 is 0. The van der Waals surface area contributed by atoms with Gasteiger partial charge in [-0.1, -0.05) is 45.0 Å². The van der Waals surface area contributed by atoms with Gasteiger partial charge in [0.2, 0.25) is 5.78 Å². The molecule has 2 aromatic rings. The van der Waals surface area contributed by atoms with E-state index in [9.17, 15) is 9.59 Å². The minimum absolute atomic E-state index is 0.0472. The van der Waals surface area contributed by atoms with Gasteiger partial charge in [0.15, 0.2) is 11.5 Å². The number of carbonyl (C=O) groups is 2. The first-order chi connectivity index (χ1) is 9.38. The topological polar surface area (TPSA) is 47.3 Å². The van der Waals surface area contributed by atoms with Crippen molar-refractivity contribution < 1.29 is 14.0 Å². The van der Waals surface area contributed by atoms with Crippen LogP contribution in [0.2, 0.25) is 0 Å². The lowest BCUT2D eigenvalue weighted by Crippen LogP contribution is -2.12. The number of furan rings is 1. The number of hydrogen-bond donors (Lipinski definition) is 0. The van der Waals surface area contributed by atoms with Crippen LogP contribution >= 0.6 is 0 Å². The Hall–Kier alpha value is -2.16. The van der Waals surface area contributed by atoms with E-state index in [1.807, 2.05) is 12.1 Å². The molecular weight excluding hydrogens is 252 g/mol. The van der Waals surface area contributed by atoms with Gasteiger partial charge in [-0.05, 0) is 23.1 Å². The Bertz CT molecular complexity index is 599. The van der Waals surface area contributed by atoms with Gasteiger partial charge in [0, 0.05) is 5.56 Å². The van der Waals surface area contributed by atoms with Gasteiger partial charge in [-0.2, -0.15) is 0 Å². The number of hydrogen-bond acceptors (Lipinski definition) is 3. The van der Waals surface area contributed by atoms with Crippen molar-refractivity contribution in [2.75, 3.05) is 0 Å². The Balaban J connectivity index is 2.08. The zero-order chi connectivity index (χ0) is 14.8. The second kappa shape index (κ2) is 5.45. The molecule has 0 N–H and O–H groups in total. The molecule has 104 valence electrons. The van der Waals surface area contributed by atoms with Crippen LogP contribution in [0.1, 0.15) is 53.7 Å².